The molecule has 0 amide bonds. The first-order valence-corrected chi connectivity index (χ1v) is 7.68. The minimum Gasteiger partial charge on any atom is -0.334 e. The molecule has 0 spiro atoms. The van der Waals surface area contributed by atoms with Crippen LogP contribution in [0.4, 0.5) is 0 Å². The van der Waals surface area contributed by atoms with Gasteiger partial charge in [-0.05, 0) is 43.7 Å². The first kappa shape index (κ1) is 13.0. The average Bonchev–Trinajstić information content (AvgIpc) is 2.94. The predicted molar refractivity (Wildman–Crippen MR) is 74.4 cm³/mol. The van der Waals surface area contributed by atoms with Crippen molar-refractivity contribution in [3.05, 3.63) is 17.7 Å². The molecule has 17 heavy (non-hydrogen) atoms. The number of aromatic nitrogens is 2. The Morgan fingerprint density at radius 2 is 2.47 bits per heavy atom. The van der Waals surface area contributed by atoms with E-state index >= 15 is 0 Å². The summed E-state index contributed by atoms with van der Waals surface area (Å²) in [6.07, 6.45) is 4.56. The molecular formula is C13H23N3S. The quantitative estimate of drug-likeness (QED) is 0.874. The Labute approximate surface area is 108 Å². The predicted octanol–water partition coefficient (Wildman–Crippen LogP) is 2.52. The molecule has 2 heterocycles. The van der Waals surface area contributed by atoms with Crippen LogP contribution >= 0.6 is 11.8 Å². The zero-order valence-electron chi connectivity index (χ0n) is 11.1. The lowest BCUT2D eigenvalue weighted by atomic mass is 9.96. The number of nitrogens with zero attached hydrogens (tertiary/aromatic N) is 2. The molecule has 0 saturated carbocycles. The molecule has 2 rings (SSSR count). The summed E-state index contributed by atoms with van der Waals surface area (Å²) in [4.78, 5) is 4.43. The second-order valence-corrected chi connectivity index (χ2v) is 5.99. The van der Waals surface area contributed by atoms with Crippen molar-refractivity contribution in [2.45, 2.75) is 32.7 Å². The Kier molecular flexibility index (Phi) is 4.51. The van der Waals surface area contributed by atoms with Gasteiger partial charge in [0.2, 0.25) is 0 Å². The Morgan fingerprint density at radius 1 is 1.65 bits per heavy atom. The molecule has 0 radical (unpaired) electrons. The zero-order valence-corrected chi connectivity index (χ0v) is 11.9. The van der Waals surface area contributed by atoms with Crippen LogP contribution in [0.15, 0.2) is 6.20 Å². The molecule has 0 aromatic carbocycles. The van der Waals surface area contributed by atoms with Gasteiger partial charge in [0, 0.05) is 7.05 Å². The van der Waals surface area contributed by atoms with Crippen molar-refractivity contribution in [3.8, 4) is 0 Å². The Morgan fingerprint density at radius 3 is 3.00 bits per heavy atom. The number of aryl methyl sites for hydroxylation is 1. The summed E-state index contributed by atoms with van der Waals surface area (Å²) in [5.74, 6) is 4.47. The molecule has 2 atom stereocenters. The maximum Gasteiger partial charge on any atom is 0.105 e. The minimum atomic E-state index is 0.483. The molecule has 0 bridgehead atoms. The van der Waals surface area contributed by atoms with Gasteiger partial charge in [-0.1, -0.05) is 6.92 Å². The number of rotatable bonds is 5. The van der Waals surface area contributed by atoms with E-state index in [2.05, 4.69) is 47.5 Å². The smallest absolute Gasteiger partial charge is 0.105 e. The zero-order chi connectivity index (χ0) is 12.3. The monoisotopic (exact) mass is 253 g/mol. The second kappa shape index (κ2) is 5.91. The number of hydrogen-bond donors (Lipinski definition) is 1. The molecule has 0 aliphatic carbocycles. The van der Waals surface area contributed by atoms with Crippen LogP contribution in [0.3, 0.4) is 0 Å². The topological polar surface area (TPSA) is 29.9 Å². The van der Waals surface area contributed by atoms with Gasteiger partial charge in [-0.3, -0.25) is 0 Å². The lowest BCUT2D eigenvalue weighted by Gasteiger charge is -2.24. The van der Waals surface area contributed by atoms with Gasteiger partial charge in [-0.15, -0.1) is 0 Å². The van der Waals surface area contributed by atoms with Gasteiger partial charge in [0.05, 0.1) is 17.9 Å². The van der Waals surface area contributed by atoms with E-state index < -0.39 is 0 Å². The summed E-state index contributed by atoms with van der Waals surface area (Å²) in [7, 11) is 2.13. The van der Waals surface area contributed by atoms with E-state index in [0.717, 1.165) is 18.3 Å². The third kappa shape index (κ3) is 2.86. The molecule has 4 heteroatoms. The van der Waals surface area contributed by atoms with Gasteiger partial charge in [0.25, 0.3) is 0 Å². The molecule has 1 aromatic heterocycles. The maximum absolute atomic E-state index is 4.43. The van der Waals surface area contributed by atoms with E-state index in [4.69, 9.17) is 0 Å². The van der Waals surface area contributed by atoms with Crippen LogP contribution < -0.4 is 5.32 Å². The highest BCUT2D eigenvalue weighted by atomic mass is 32.2. The van der Waals surface area contributed by atoms with Gasteiger partial charge in [-0.2, -0.15) is 11.8 Å². The summed E-state index contributed by atoms with van der Waals surface area (Å²) in [6.45, 7) is 5.39. The number of hydrogen-bond acceptors (Lipinski definition) is 3. The van der Waals surface area contributed by atoms with Crippen molar-refractivity contribution in [3.63, 3.8) is 0 Å². The fourth-order valence-corrected chi connectivity index (χ4v) is 3.73. The molecule has 1 aliphatic heterocycles. The number of nitrogens with one attached hydrogen (secondary N) is 1. The second-order valence-electron chi connectivity index (χ2n) is 4.84. The van der Waals surface area contributed by atoms with E-state index in [1.165, 1.54) is 30.0 Å². The van der Waals surface area contributed by atoms with Crippen molar-refractivity contribution in [1.82, 2.24) is 14.9 Å². The minimum absolute atomic E-state index is 0.483. The van der Waals surface area contributed by atoms with Crippen LogP contribution in [-0.4, -0.2) is 27.6 Å². The van der Waals surface area contributed by atoms with E-state index in [1.54, 1.807) is 0 Å². The Bertz CT molecular complexity index is 356. The maximum atomic E-state index is 4.43. The van der Waals surface area contributed by atoms with Gasteiger partial charge >= 0.3 is 0 Å². The van der Waals surface area contributed by atoms with E-state index in [1.807, 2.05) is 6.20 Å². The fourth-order valence-electron chi connectivity index (χ4n) is 2.44. The molecule has 96 valence electrons. The van der Waals surface area contributed by atoms with Crippen molar-refractivity contribution in [2.24, 2.45) is 13.0 Å². The molecule has 1 fully saturated rings. The first-order chi connectivity index (χ1) is 8.24. The van der Waals surface area contributed by atoms with Crippen LogP contribution in [0.1, 0.15) is 37.3 Å². The Hall–Kier alpha value is -0.480. The molecule has 1 aromatic rings. The highest BCUT2D eigenvalue weighted by Crippen LogP contribution is 2.34. The molecular weight excluding hydrogens is 230 g/mol. The first-order valence-electron chi connectivity index (χ1n) is 6.53. The van der Waals surface area contributed by atoms with Crippen LogP contribution in [0.25, 0.3) is 0 Å². The number of thioether (sulfide) groups is 1. The molecule has 1 saturated heterocycles. The van der Waals surface area contributed by atoms with E-state index in [-0.39, 0.29) is 0 Å². The largest absolute Gasteiger partial charge is 0.334 e. The molecule has 1 N–H and O–H groups in total. The molecule has 2 unspecified atom stereocenters. The van der Waals surface area contributed by atoms with E-state index in [9.17, 15) is 0 Å². The summed E-state index contributed by atoms with van der Waals surface area (Å²) >= 11 is 2.08. The third-order valence-corrected chi connectivity index (χ3v) is 4.81. The summed E-state index contributed by atoms with van der Waals surface area (Å²) in [6, 6.07) is 0.483. The van der Waals surface area contributed by atoms with Crippen LogP contribution in [0, 0.1) is 12.8 Å². The molecule has 3 nitrogen and oxygen atoms in total. The van der Waals surface area contributed by atoms with Crippen molar-refractivity contribution < 1.29 is 0 Å². The van der Waals surface area contributed by atoms with Crippen LogP contribution in [0.2, 0.25) is 0 Å². The lowest BCUT2D eigenvalue weighted by molar-refractivity contribution is 0.378. The lowest BCUT2D eigenvalue weighted by Crippen LogP contribution is -2.30. The van der Waals surface area contributed by atoms with Crippen molar-refractivity contribution in [1.29, 1.82) is 0 Å². The fraction of sp³-hybridized carbons (Fsp3) is 0.769. The van der Waals surface area contributed by atoms with Gasteiger partial charge < -0.3 is 9.88 Å². The summed E-state index contributed by atoms with van der Waals surface area (Å²) in [5, 5.41) is 3.71. The van der Waals surface area contributed by atoms with Gasteiger partial charge in [0.15, 0.2) is 0 Å². The highest BCUT2D eigenvalue weighted by Gasteiger charge is 2.28. The van der Waals surface area contributed by atoms with Gasteiger partial charge in [0.1, 0.15) is 5.82 Å². The van der Waals surface area contributed by atoms with Gasteiger partial charge in [-0.25, -0.2) is 4.98 Å². The van der Waals surface area contributed by atoms with Crippen molar-refractivity contribution >= 4 is 11.8 Å². The highest BCUT2D eigenvalue weighted by molar-refractivity contribution is 7.99. The molecule has 1 aliphatic rings. The third-order valence-electron chi connectivity index (χ3n) is 3.63. The normalized spacial score (nSPS) is 21.9. The number of imidazole rings is 1. The standard InChI is InChI=1S/C13H23N3S/c1-4-6-14-13(11-5-7-17-9-11)12-8-15-10(2)16(12)3/h8,11,13-14H,4-7,9H2,1-3H3. The summed E-state index contributed by atoms with van der Waals surface area (Å²) < 4.78 is 2.23. The average molecular weight is 253 g/mol. The summed E-state index contributed by atoms with van der Waals surface area (Å²) in [5.41, 5.74) is 1.35. The Balaban J connectivity index is 2.16. The SMILES string of the molecule is CCCNC(c1cnc(C)n1C)C1CCSC1. The van der Waals surface area contributed by atoms with Crippen molar-refractivity contribution in [2.75, 3.05) is 18.1 Å². The van der Waals surface area contributed by atoms with E-state index in [0.29, 0.717) is 6.04 Å². The van der Waals surface area contributed by atoms with Crippen LogP contribution in [-0.2, 0) is 7.05 Å². The van der Waals surface area contributed by atoms with Crippen LogP contribution in [0.5, 0.6) is 0 Å².